The van der Waals surface area contributed by atoms with Crippen molar-refractivity contribution in [1.29, 1.82) is 0 Å². The van der Waals surface area contributed by atoms with E-state index >= 15 is 0 Å². The van der Waals surface area contributed by atoms with Crippen molar-refractivity contribution >= 4 is 11.4 Å². The largest absolute Gasteiger partial charge is 0.392 e. The maximum atomic E-state index is 9.07. The van der Waals surface area contributed by atoms with Gasteiger partial charge < -0.3 is 15.3 Å². The third kappa shape index (κ3) is 1.79. The number of hydrogen-bond donors (Lipinski definition) is 2. The monoisotopic (exact) mass is 206 g/mol. The highest BCUT2D eigenvalue weighted by Crippen LogP contribution is 2.31. The molecule has 1 heterocycles. The minimum absolute atomic E-state index is 0.108. The Morgan fingerprint density at radius 3 is 3.00 bits per heavy atom. The molecule has 0 saturated heterocycles. The van der Waals surface area contributed by atoms with E-state index < -0.39 is 0 Å². The van der Waals surface area contributed by atoms with E-state index in [0.29, 0.717) is 6.04 Å². The van der Waals surface area contributed by atoms with Crippen LogP contribution in [0.3, 0.4) is 0 Å². The zero-order valence-electron chi connectivity index (χ0n) is 9.33. The molecule has 0 aliphatic carbocycles. The summed E-state index contributed by atoms with van der Waals surface area (Å²) in [5.74, 6) is 0. The van der Waals surface area contributed by atoms with E-state index in [1.54, 1.807) is 0 Å². The van der Waals surface area contributed by atoms with Crippen LogP contribution in [0.25, 0.3) is 0 Å². The van der Waals surface area contributed by atoms with Crippen molar-refractivity contribution in [2.75, 3.05) is 23.3 Å². The van der Waals surface area contributed by atoms with Crippen LogP contribution in [0.5, 0.6) is 0 Å². The Bertz CT molecular complexity index is 351. The first-order chi connectivity index (χ1) is 7.26. The van der Waals surface area contributed by atoms with Gasteiger partial charge in [-0.25, -0.2) is 0 Å². The zero-order valence-corrected chi connectivity index (χ0v) is 9.33. The number of nitrogens with zero attached hydrogens (tertiary/aromatic N) is 1. The van der Waals surface area contributed by atoms with Gasteiger partial charge in [-0.3, -0.25) is 0 Å². The maximum Gasteiger partial charge on any atom is 0.0682 e. The lowest BCUT2D eigenvalue weighted by Gasteiger charge is -2.37. The van der Waals surface area contributed by atoms with Crippen LogP contribution in [0, 0.1) is 0 Å². The number of aliphatic hydroxyl groups is 1. The molecule has 3 nitrogen and oxygen atoms in total. The van der Waals surface area contributed by atoms with E-state index in [0.717, 1.165) is 24.3 Å². The van der Waals surface area contributed by atoms with Gasteiger partial charge in [0.2, 0.25) is 0 Å². The minimum Gasteiger partial charge on any atom is -0.392 e. The molecule has 0 fully saturated rings. The van der Waals surface area contributed by atoms with E-state index in [-0.39, 0.29) is 6.61 Å². The molecule has 0 radical (unpaired) electrons. The first-order valence-electron chi connectivity index (χ1n) is 5.50. The molecular formula is C12H18N2O. The van der Waals surface area contributed by atoms with E-state index in [1.807, 2.05) is 12.1 Å². The van der Waals surface area contributed by atoms with Crippen LogP contribution in [0.1, 0.15) is 19.4 Å². The summed E-state index contributed by atoms with van der Waals surface area (Å²) < 4.78 is 0. The molecule has 0 spiro atoms. The molecule has 2 N–H and O–H groups in total. The first-order valence-corrected chi connectivity index (χ1v) is 5.50. The molecule has 0 aromatic heterocycles. The van der Waals surface area contributed by atoms with Crippen molar-refractivity contribution < 1.29 is 5.11 Å². The van der Waals surface area contributed by atoms with Crippen molar-refractivity contribution in [2.45, 2.75) is 26.5 Å². The Kier molecular flexibility index (Phi) is 2.82. The maximum absolute atomic E-state index is 9.07. The number of likely N-dealkylation sites (N-methyl/N-ethyl adjacent to an activating group) is 1. The van der Waals surface area contributed by atoms with Gasteiger partial charge in [-0.05, 0) is 31.5 Å². The minimum atomic E-state index is 0.108. The fraction of sp³-hybridized carbons (Fsp3) is 0.500. The number of nitrogens with one attached hydrogen (secondary N) is 1. The van der Waals surface area contributed by atoms with Crippen LogP contribution in [0.4, 0.5) is 11.4 Å². The van der Waals surface area contributed by atoms with Crippen molar-refractivity contribution in [3.05, 3.63) is 23.8 Å². The second-order valence-corrected chi connectivity index (χ2v) is 4.03. The molecule has 3 heteroatoms. The summed E-state index contributed by atoms with van der Waals surface area (Å²) in [5.41, 5.74) is 3.35. The second-order valence-electron chi connectivity index (χ2n) is 4.03. The van der Waals surface area contributed by atoms with Gasteiger partial charge in [0.1, 0.15) is 0 Å². The highest BCUT2D eigenvalue weighted by atomic mass is 16.3. The van der Waals surface area contributed by atoms with Crippen LogP contribution in [-0.2, 0) is 6.61 Å². The molecule has 1 atom stereocenters. The molecule has 1 aliphatic rings. The Labute approximate surface area is 90.7 Å². The van der Waals surface area contributed by atoms with Crippen LogP contribution in [0.2, 0.25) is 0 Å². The average molecular weight is 206 g/mol. The molecule has 2 rings (SSSR count). The zero-order chi connectivity index (χ0) is 10.8. The molecule has 1 aromatic carbocycles. The van der Waals surface area contributed by atoms with Crippen molar-refractivity contribution in [3.63, 3.8) is 0 Å². The van der Waals surface area contributed by atoms with Crippen LogP contribution < -0.4 is 10.2 Å². The molecule has 1 aromatic rings. The normalized spacial score (nSPS) is 19.7. The number of fused-ring (bicyclic) bond motifs is 1. The van der Waals surface area contributed by atoms with Gasteiger partial charge in [0.25, 0.3) is 0 Å². The Morgan fingerprint density at radius 1 is 1.53 bits per heavy atom. The van der Waals surface area contributed by atoms with E-state index in [4.69, 9.17) is 5.11 Å². The van der Waals surface area contributed by atoms with Crippen molar-refractivity contribution in [2.24, 2.45) is 0 Å². The predicted molar refractivity (Wildman–Crippen MR) is 63.3 cm³/mol. The highest BCUT2D eigenvalue weighted by Gasteiger charge is 2.20. The van der Waals surface area contributed by atoms with Gasteiger partial charge in [0.05, 0.1) is 18.0 Å². The third-order valence-corrected chi connectivity index (χ3v) is 3.01. The standard InChI is InChI=1S/C12H18N2O/c1-3-14-9(2)7-13-11-6-10(8-15)4-5-12(11)14/h4-6,9,13,15H,3,7-8H2,1-2H3. The SMILES string of the molecule is CCN1c2ccc(CO)cc2NCC1C. The van der Waals surface area contributed by atoms with E-state index in [9.17, 15) is 0 Å². The lowest BCUT2D eigenvalue weighted by molar-refractivity contribution is 0.282. The van der Waals surface area contributed by atoms with E-state index in [1.165, 1.54) is 5.69 Å². The Morgan fingerprint density at radius 2 is 2.33 bits per heavy atom. The summed E-state index contributed by atoms with van der Waals surface area (Å²) in [6, 6.07) is 6.64. The molecule has 0 saturated carbocycles. The number of rotatable bonds is 2. The van der Waals surface area contributed by atoms with Crippen molar-refractivity contribution in [1.82, 2.24) is 0 Å². The fourth-order valence-corrected chi connectivity index (χ4v) is 2.16. The summed E-state index contributed by atoms with van der Waals surface area (Å²) in [7, 11) is 0. The Balaban J connectivity index is 2.38. The summed E-state index contributed by atoms with van der Waals surface area (Å²) >= 11 is 0. The van der Waals surface area contributed by atoms with Crippen LogP contribution >= 0.6 is 0 Å². The number of hydrogen-bond acceptors (Lipinski definition) is 3. The van der Waals surface area contributed by atoms with Gasteiger partial charge in [-0.1, -0.05) is 6.07 Å². The third-order valence-electron chi connectivity index (χ3n) is 3.01. The topological polar surface area (TPSA) is 35.5 Å². The predicted octanol–water partition coefficient (Wildman–Crippen LogP) is 1.82. The summed E-state index contributed by atoms with van der Waals surface area (Å²) in [6.07, 6.45) is 0. The molecule has 0 amide bonds. The van der Waals surface area contributed by atoms with Gasteiger partial charge in [-0.15, -0.1) is 0 Å². The molecular weight excluding hydrogens is 188 g/mol. The molecule has 1 aliphatic heterocycles. The lowest BCUT2D eigenvalue weighted by atomic mass is 10.1. The summed E-state index contributed by atoms with van der Waals surface area (Å²) in [5, 5.41) is 12.5. The highest BCUT2D eigenvalue weighted by molar-refractivity contribution is 5.73. The van der Waals surface area contributed by atoms with Gasteiger partial charge in [-0.2, -0.15) is 0 Å². The average Bonchev–Trinajstić information content (AvgIpc) is 2.28. The fourth-order valence-electron chi connectivity index (χ4n) is 2.16. The first kappa shape index (κ1) is 10.3. The number of benzene rings is 1. The number of aliphatic hydroxyl groups excluding tert-OH is 1. The van der Waals surface area contributed by atoms with Gasteiger partial charge in [0, 0.05) is 19.1 Å². The van der Waals surface area contributed by atoms with E-state index in [2.05, 4.69) is 30.1 Å². The van der Waals surface area contributed by atoms with Crippen LogP contribution in [0.15, 0.2) is 18.2 Å². The summed E-state index contributed by atoms with van der Waals surface area (Å²) in [6.45, 7) is 6.49. The molecule has 82 valence electrons. The molecule has 0 bridgehead atoms. The van der Waals surface area contributed by atoms with Crippen LogP contribution in [-0.4, -0.2) is 24.2 Å². The number of anilines is 2. The van der Waals surface area contributed by atoms with Crippen molar-refractivity contribution in [3.8, 4) is 0 Å². The smallest absolute Gasteiger partial charge is 0.0682 e. The van der Waals surface area contributed by atoms with Gasteiger partial charge in [0.15, 0.2) is 0 Å². The summed E-state index contributed by atoms with van der Waals surface area (Å²) in [4.78, 5) is 2.38. The second kappa shape index (κ2) is 4.11. The molecule has 15 heavy (non-hydrogen) atoms. The quantitative estimate of drug-likeness (QED) is 0.774. The molecule has 1 unspecified atom stereocenters. The lowest BCUT2D eigenvalue weighted by Crippen LogP contribution is -2.41. The Hall–Kier alpha value is -1.22. The van der Waals surface area contributed by atoms with Gasteiger partial charge >= 0.3 is 0 Å².